The van der Waals surface area contributed by atoms with Gasteiger partial charge in [0.15, 0.2) is 5.69 Å². The van der Waals surface area contributed by atoms with E-state index in [4.69, 9.17) is 10.8 Å². The minimum absolute atomic E-state index is 0.0141. The van der Waals surface area contributed by atoms with Crippen LogP contribution >= 0.6 is 0 Å². The molecule has 0 aliphatic heterocycles. The van der Waals surface area contributed by atoms with E-state index in [0.29, 0.717) is 23.6 Å². The molecule has 2 aromatic rings. The fraction of sp³-hybridized carbons (Fsp3) is 0.545. The monoisotopic (exact) mass is 364 g/mol. The molecule has 2 fully saturated rings. The fourth-order valence-electron chi connectivity index (χ4n) is 5.65. The fourth-order valence-corrected chi connectivity index (χ4v) is 5.65. The third-order valence-electron chi connectivity index (χ3n) is 6.82. The van der Waals surface area contributed by atoms with Crippen LogP contribution in [0.2, 0.25) is 0 Å². The van der Waals surface area contributed by atoms with Gasteiger partial charge < -0.3 is 11.1 Å². The Labute approximate surface area is 160 Å². The Bertz CT molecular complexity index is 829. The van der Waals surface area contributed by atoms with Crippen LogP contribution in [0.25, 0.3) is 5.69 Å². The Morgan fingerprint density at radius 1 is 1.07 bits per heavy atom. The summed E-state index contributed by atoms with van der Waals surface area (Å²) in [6, 6.07) is 10.7. The summed E-state index contributed by atoms with van der Waals surface area (Å²) in [5.74, 6) is 1.07. The van der Waals surface area contributed by atoms with E-state index in [2.05, 4.69) is 17.4 Å². The lowest BCUT2D eigenvalue weighted by atomic mass is 9.67. The van der Waals surface area contributed by atoms with Gasteiger partial charge in [-0.15, -0.1) is 0 Å². The largest absolute Gasteiger partial charge is 0.347 e. The zero-order chi connectivity index (χ0) is 18.4. The van der Waals surface area contributed by atoms with Gasteiger partial charge in [-0.25, -0.2) is 4.68 Å². The van der Waals surface area contributed by atoms with Crippen LogP contribution in [0.5, 0.6) is 0 Å². The van der Waals surface area contributed by atoms with Gasteiger partial charge in [0.05, 0.1) is 5.69 Å². The summed E-state index contributed by atoms with van der Waals surface area (Å²) in [6.45, 7) is 0. The number of aromatic nitrogens is 2. The number of nitrogens with one attached hydrogen (secondary N) is 1. The van der Waals surface area contributed by atoms with Crippen LogP contribution in [0, 0.1) is 11.8 Å². The first kappa shape index (κ1) is 17.0. The van der Waals surface area contributed by atoms with Crippen molar-refractivity contribution in [2.45, 2.75) is 63.5 Å². The molecule has 3 aliphatic carbocycles. The average Bonchev–Trinajstić information content (AvgIpc) is 3.25. The number of nitrogens with zero attached hydrogens (tertiary/aromatic N) is 2. The highest BCUT2D eigenvalue weighted by Crippen LogP contribution is 2.40. The molecule has 142 valence electrons. The van der Waals surface area contributed by atoms with Gasteiger partial charge in [-0.1, -0.05) is 24.6 Å². The van der Waals surface area contributed by atoms with Crippen molar-refractivity contribution >= 4 is 5.91 Å². The van der Waals surface area contributed by atoms with Crippen LogP contribution in [0.4, 0.5) is 0 Å². The number of amides is 1. The van der Waals surface area contributed by atoms with E-state index in [0.717, 1.165) is 43.4 Å². The number of rotatable bonds is 3. The second-order valence-corrected chi connectivity index (χ2v) is 8.56. The maximum Gasteiger partial charge on any atom is 0.272 e. The third-order valence-corrected chi connectivity index (χ3v) is 6.82. The lowest BCUT2D eigenvalue weighted by Gasteiger charge is -2.45. The minimum atomic E-state index is 0.0141. The van der Waals surface area contributed by atoms with Gasteiger partial charge in [-0.3, -0.25) is 4.79 Å². The Kier molecular flexibility index (Phi) is 4.27. The molecule has 5 heteroatoms. The molecular weight excluding hydrogens is 336 g/mol. The molecule has 5 nitrogen and oxygen atoms in total. The number of nitrogens with two attached hydrogens (primary N) is 1. The van der Waals surface area contributed by atoms with Crippen LogP contribution in [-0.2, 0) is 12.8 Å². The summed E-state index contributed by atoms with van der Waals surface area (Å²) in [6.07, 6.45) is 8.77. The molecule has 0 saturated heterocycles. The van der Waals surface area contributed by atoms with Crippen LogP contribution < -0.4 is 11.1 Å². The zero-order valence-electron chi connectivity index (χ0n) is 15.7. The molecule has 3 N–H and O–H groups in total. The molecule has 0 spiro atoms. The highest BCUT2D eigenvalue weighted by molar-refractivity contribution is 5.94. The number of benzene rings is 1. The number of carbonyl (C=O) groups is 1. The van der Waals surface area contributed by atoms with Gasteiger partial charge >= 0.3 is 0 Å². The van der Waals surface area contributed by atoms with E-state index < -0.39 is 0 Å². The molecule has 5 rings (SSSR count). The van der Waals surface area contributed by atoms with E-state index in [1.54, 1.807) is 0 Å². The molecule has 1 heterocycles. The number of hydrogen-bond acceptors (Lipinski definition) is 3. The predicted molar refractivity (Wildman–Crippen MR) is 105 cm³/mol. The van der Waals surface area contributed by atoms with Crippen molar-refractivity contribution in [2.75, 3.05) is 0 Å². The summed E-state index contributed by atoms with van der Waals surface area (Å²) in [5.41, 5.74) is 10.3. The van der Waals surface area contributed by atoms with Crippen LogP contribution in [0.3, 0.4) is 0 Å². The topological polar surface area (TPSA) is 72.9 Å². The smallest absolute Gasteiger partial charge is 0.272 e. The van der Waals surface area contributed by atoms with Gasteiger partial charge in [-0.05, 0) is 68.9 Å². The Balaban J connectivity index is 1.43. The second-order valence-electron chi connectivity index (χ2n) is 8.56. The minimum Gasteiger partial charge on any atom is -0.347 e. The van der Waals surface area contributed by atoms with E-state index in [1.165, 1.54) is 25.0 Å². The molecule has 2 bridgehead atoms. The Hall–Kier alpha value is -2.14. The first-order valence-corrected chi connectivity index (χ1v) is 10.4. The van der Waals surface area contributed by atoms with Crippen molar-refractivity contribution < 1.29 is 4.79 Å². The number of para-hydroxylation sites is 1. The molecule has 2 saturated carbocycles. The molecule has 0 radical (unpaired) electrons. The Morgan fingerprint density at radius 3 is 2.56 bits per heavy atom. The van der Waals surface area contributed by atoms with Crippen molar-refractivity contribution in [1.29, 1.82) is 0 Å². The van der Waals surface area contributed by atoms with Crippen molar-refractivity contribution in [3.8, 4) is 5.69 Å². The van der Waals surface area contributed by atoms with Crippen molar-refractivity contribution in [3.63, 3.8) is 0 Å². The van der Waals surface area contributed by atoms with Gasteiger partial charge in [0.1, 0.15) is 0 Å². The Morgan fingerprint density at radius 2 is 1.81 bits per heavy atom. The summed E-state index contributed by atoms with van der Waals surface area (Å²) in [7, 11) is 0. The molecule has 3 aliphatic rings. The highest BCUT2D eigenvalue weighted by Gasteiger charge is 2.40. The van der Waals surface area contributed by atoms with Crippen LogP contribution in [0.15, 0.2) is 30.3 Å². The zero-order valence-corrected chi connectivity index (χ0v) is 15.7. The molecule has 1 amide bonds. The molecule has 27 heavy (non-hydrogen) atoms. The van der Waals surface area contributed by atoms with Crippen molar-refractivity contribution in [1.82, 2.24) is 15.1 Å². The summed E-state index contributed by atoms with van der Waals surface area (Å²) >= 11 is 0. The predicted octanol–water partition coefficient (Wildman–Crippen LogP) is 3.00. The first-order valence-electron chi connectivity index (χ1n) is 10.4. The molecule has 2 unspecified atom stereocenters. The first-order chi connectivity index (χ1) is 13.2. The van der Waals surface area contributed by atoms with Crippen LogP contribution in [0.1, 0.15) is 60.3 Å². The van der Waals surface area contributed by atoms with Crippen molar-refractivity contribution in [3.05, 3.63) is 47.3 Å². The van der Waals surface area contributed by atoms with E-state index >= 15 is 0 Å². The van der Waals surface area contributed by atoms with E-state index in [9.17, 15) is 4.79 Å². The maximum atomic E-state index is 13.2. The van der Waals surface area contributed by atoms with Gasteiger partial charge in [0, 0.05) is 23.3 Å². The van der Waals surface area contributed by atoms with E-state index in [-0.39, 0.29) is 11.9 Å². The summed E-state index contributed by atoms with van der Waals surface area (Å²) in [5, 5.41) is 8.14. The third kappa shape index (κ3) is 2.98. The summed E-state index contributed by atoms with van der Waals surface area (Å²) in [4.78, 5) is 13.2. The summed E-state index contributed by atoms with van der Waals surface area (Å²) < 4.78 is 1.98. The highest BCUT2D eigenvalue weighted by atomic mass is 16.2. The maximum absolute atomic E-state index is 13.2. The molecular formula is C22H28N4O. The lowest BCUT2D eigenvalue weighted by Crippen LogP contribution is -2.53. The van der Waals surface area contributed by atoms with Crippen molar-refractivity contribution in [2.24, 2.45) is 17.6 Å². The standard InChI is InChI=1S/C22H28N4O/c23-16-12-14-6-4-7-15(13-16)20(14)24-22(27)21-18-10-5-11-19(18)26(25-21)17-8-2-1-3-9-17/h1-3,8-9,14-16,20H,4-7,10-13,23H2,(H,24,27). The number of fused-ring (bicyclic) bond motifs is 3. The normalized spacial score (nSPS) is 29.4. The van der Waals surface area contributed by atoms with Gasteiger partial charge in [0.2, 0.25) is 0 Å². The SMILES string of the molecule is NC1CC2CCCC(C1)C2NC(=O)c1nn(-c2ccccc2)c2c1CCC2. The van der Waals surface area contributed by atoms with Gasteiger partial charge in [-0.2, -0.15) is 5.10 Å². The number of hydrogen-bond donors (Lipinski definition) is 2. The average molecular weight is 364 g/mol. The van der Waals surface area contributed by atoms with Gasteiger partial charge in [0.25, 0.3) is 5.91 Å². The molecule has 1 aromatic heterocycles. The molecule has 2 atom stereocenters. The molecule has 1 aromatic carbocycles. The number of carbonyl (C=O) groups excluding carboxylic acids is 1. The quantitative estimate of drug-likeness (QED) is 0.879. The van der Waals surface area contributed by atoms with E-state index in [1.807, 2.05) is 22.9 Å². The lowest BCUT2D eigenvalue weighted by molar-refractivity contribution is 0.0750. The second kappa shape index (κ2) is 6.79. The van der Waals surface area contributed by atoms with Crippen LogP contribution in [-0.4, -0.2) is 27.8 Å².